The Labute approximate surface area is 249 Å². The molecule has 1 aromatic heterocycles. The van der Waals surface area contributed by atoms with E-state index in [0.717, 1.165) is 29.8 Å². The van der Waals surface area contributed by atoms with Gasteiger partial charge in [-0.15, -0.1) is 0 Å². The summed E-state index contributed by atoms with van der Waals surface area (Å²) in [6.07, 6.45) is 16.2. The van der Waals surface area contributed by atoms with Gasteiger partial charge in [-0.1, -0.05) is 119 Å². The Balaban J connectivity index is 1.34. The summed E-state index contributed by atoms with van der Waals surface area (Å²) in [6.45, 7) is 8.90. The molecule has 41 heavy (non-hydrogen) atoms. The fourth-order valence-electron chi connectivity index (χ4n) is 5.54. The van der Waals surface area contributed by atoms with Gasteiger partial charge in [0.2, 0.25) is 0 Å². The normalized spacial score (nSPS) is 11.9. The number of hydrogen-bond acceptors (Lipinski definition) is 2. The lowest BCUT2D eigenvalue weighted by Crippen LogP contribution is -2.11. The van der Waals surface area contributed by atoms with E-state index in [9.17, 15) is 0 Å². The molecule has 4 aromatic rings. The molecule has 1 unspecified atom stereocenters. The van der Waals surface area contributed by atoms with Crippen molar-refractivity contribution >= 4 is 0 Å². The first kappa shape index (κ1) is 30.6. The maximum atomic E-state index is 6.16. The van der Waals surface area contributed by atoms with Crippen LogP contribution in [0.3, 0.4) is 0 Å². The molecule has 0 amide bonds. The third-order valence-corrected chi connectivity index (χ3v) is 8.10. The Morgan fingerprint density at radius 3 is 1.93 bits per heavy atom. The zero-order chi connectivity index (χ0) is 28.9. The Morgan fingerprint density at radius 2 is 1.27 bits per heavy atom. The summed E-state index contributed by atoms with van der Waals surface area (Å²) in [5.74, 6) is 0.955. The lowest BCUT2D eigenvalue weighted by molar-refractivity contribution is 0.206. The van der Waals surface area contributed by atoms with Crippen molar-refractivity contribution in [3.8, 4) is 39.3 Å². The number of unbranched alkanes of at least 4 members (excludes halogenated alkanes) is 7. The highest BCUT2D eigenvalue weighted by molar-refractivity contribution is 5.75. The van der Waals surface area contributed by atoms with E-state index in [1.54, 1.807) is 0 Å². The average molecular weight is 548 g/mol. The standard InChI is InChI=1S/C39H49NO/c1-5-7-9-11-13-15-32-16-27-39(40-29-32)35-19-17-34(18-20-35)38-26-23-36(28-30(38)3)33-21-24-37(25-22-33)41-31(4)14-12-10-8-6-2/h16-29,31H,5-15H2,1-4H3. The summed E-state index contributed by atoms with van der Waals surface area (Å²) >= 11 is 0. The van der Waals surface area contributed by atoms with Crippen LogP contribution in [0.25, 0.3) is 33.5 Å². The van der Waals surface area contributed by atoms with Crippen LogP contribution in [0.15, 0.2) is 85.1 Å². The maximum Gasteiger partial charge on any atom is 0.119 e. The molecule has 3 aromatic carbocycles. The number of ether oxygens (including phenoxy) is 1. The zero-order valence-corrected chi connectivity index (χ0v) is 25.8. The van der Waals surface area contributed by atoms with E-state index in [1.165, 1.54) is 91.2 Å². The van der Waals surface area contributed by atoms with Gasteiger partial charge in [0.1, 0.15) is 5.75 Å². The second kappa shape index (κ2) is 16.2. The third-order valence-electron chi connectivity index (χ3n) is 8.10. The Kier molecular flexibility index (Phi) is 12.0. The molecule has 216 valence electrons. The van der Waals surface area contributed by atoms with Gasteiger partial charge in [-0.05, 0) is 91.1 Å². The molecule has 0 saturated heterocycles. The predicted molar refractivity (Wildman–Crippen MR) is 177 cm³/mol. The van der Waals surface area contributed by atoms with Crippen LogP contribution in [-0.4, -0.2) is 11.1 Å². The van der Waals surface area contributed by atoms with Gasteiger partial charge in [-0.2, -0.15) is 0 Å². The number of nitrogens with zero attached hydrogens (tertiary/aromatic N) is 1. The van der Waals surface area contributed by atoms with Crippen LogP contribution in [0.1, 0.15) is 96.1 Å². The third kappa shape index (κ3) is 9.32. The van der Waals surface area contributed by atoms with Gasteiger partial charge in [0.05, 0.1) is 11.8 Å². The minimum Gasteiger partial charge on any atom is -0.491 e. The number of pyridine rings is 1. The molecule has 0 aliphatic rings. The van der Waals surface area contributed by atoms with Gasteiger partial charge in [-0.3, -0.25) is 4.98 Å². The molecular weight excluding hydrogens is 498 g/mol. The molecule has 2 heteroatoms. The maximum absolute atomic E-state index is 6.16. The van der Waals surface area contributed by atoms with E-state index < -0.39 is 0 Å². The van der Waals surface area contributed by atoms with E-state index in [4.69, 9.17) is 9.72 Å². The van der Waals surface area contributed by atoms with E-state index >= 15 is 0 Å². The highest BCUT2D eigenvalue weighted by atomic mass is 16.5. The van der Waals surface area contributed by atoms with Gasteiger partial charge in [0, 0.05) is 11.8 Å². The van der Waals surface area contributed by atoms with Crippen LogP contribution in [-0.2, 0) is 6.42 Å². The summed E-state index contributed by atoms with van der Waals surface area (Å²) in [5.41, 5.74) is 9.77. The van der Waals surface area contributed by atoms with E-state index in [1.807, 2.05) is 0 Å². The lowest BCUT2D eigenvalue weighted by Gasteiger charge is -2.15. The molecule has 0 spiro atoms. The van der Waals surface area contributed by atoms with Crippen LogP contribution in [0.2, 0.25) is 0 Å². The molecule has 0 bridgehead atoms. The van der Waals surface area contributed by atoms with Crippen molar-refractivity contribution in [2.24, 2.45) is 0 Å². The molecule has 0 aliphatic heterocycles. The number of aromatic nitrogens is 1. The topological polar surface area (TPSA) is 22.1 Å². The minimum absolute atomic E-state index is 0.255. The van der Waals surface area contributed by atoms with Gasteiger partial charge in [-0.25, -0.2) is 0 Å². The molecule has 2 nitrogen and oxygen atoms in total. The molecule has 0 N–H and O–H groups in total. The molecule has 0 saturated carbocycles. The van der Waals surface area contributed by atoms with Crippen molar-refractivity contribution in [1.82, 2.24) is 4.98 Å². The first-order chi connectivity index (χ1) is 20.1. The van der Waals surface area contributed by atoms with Crippen molar-refractivity contribution in [2.75, 3.05) is 0 Å². The number of aryl methyl sites for hydroxylation is 2. The van der Waals surface area contributed by atoms with Gasteiger partial charge in [0.15, 0.2) is 0 Å². The van der Waals surface area contributed by atoms with Crippen LogP contribution < -0.4 is 4.74 Å². The molecule has 1 atom stereocenters. The van der Waals surface area contributed by atoms with Gasteiger partial charge >= 0.3 is 0 Å². The van der Waals surface area contributed by atoms with Crippen LogP contribution in [0, 0.1) is 6.92 Å². The highest BCUT2D eigenvalue weighted by Crippen LogP contribution is 2.31. The molecule has 0 fully saturated rings. The SMILES string of the molecule is CCCCCCCc1ccc(-c2ccc(-c3ccc(-c4ccc(OC(C)CCCCCC)cc4)cc3C)cc2)nc1. The largest absolute Gasteiger partial charge is 0.491 e. The van der Waals surface area contributed by atoms with Crippen LogP contribution >= 0.6 is 0 Å². The smallest absolute Gasteiger partial charge is 0.119 e. The molecule has 4 rings (SSSR count). The fraction of sp³-hybridized carbons (Fsp3) is 0.410. The van der Waals surface area contributed by atoms with E-state index in [0.29, 0.717) is 0 Å². The summed E-state index contributed by atoms with van der Waals surface area (Å²) < 4.78 is 6.16. The summed E-state index contributed by atoms with van der Waals surface area (Å²) in [5, 5.41) is 0. The first-order valence-electron chi connectivity index (χ1n) is 16.0. The van der Waals surface area contributed by atoms with Crippen molar-refractivity contribution < 1.29 is 4.74 Å². The molecular formula is C39H49NO. The number of hydrogen-bond donors (Lipinski definition) is 0. The Bertz CT molecular complexity index is 1310. The summed E-state index contributed by atoms with van der Waals surface area (Å²) in [6, 6.07) is 28.6. The van der Waals surface area contributed by atoms with E-state index in [2.05, 4.69) is 113 Å². The van der Waals surface area contributed by atoms with Crippen molar-refractivity contribution in [3.63, 3.8) is 0 Å². The van der Waals surface area contributed by atoms with Crippen LogP contribution in [0.4, 0.5) is 0 Å². The zero-order valence-electron chi connectivity index (χ0n) is 25.8. The second-order valence-corrected chi connectivity index (χ2v) is 11.6. The van der Waals surface area contributed by atoms with Crippen LogP contribution in [0.5, 0.6) is 5.75 Å². The first-order valence-corrected chi connectivity index (χ1v) is 16.0. The monoisotopic (exact) mass is 547 g/mol. The minimum atomic E-state index is 0.255. The fourth-order valence-corrected chi connectivity index (χ4v) is 5.54. The van der Waals surface area contributed by atoms with Gasteiger partial charge in [0.25, 0.3) is 0 Å². The predicted octanol–water partition coefficient (Wildman–Crippen LogP) is 11.6. The molecule has 1 heterocycles. The number of benzene rings is 3. The summed E-state index contributed by atoms with van der Waals surface area (Å²) in [4.78, 5) is 4.76. The number of rotatable bonds is 16. The molecule has 0 aliphatic carbocycles. The van der Waals surface area contributed by atoms with Crippen molar-refractivity contribution in [1.29, 1.82) is 0 Å². The quantitative estimate of drug-likeness (QED) is 0.130. The Morgan fingerprint density at radius 1 is 0.634 bits per heavy atom. The average Bonchev–Trinajstić information content (AvgIpc) is 3.00. The second-order valence-electron chi connectivity index (χ2n) is 11.6. The molecule has 0 radical (unpaired) electrons. The van der Waals surface area contributed by atoms with Crippen molar-refractivity contribution in [3.05, 3.63) is 96.2 Å². The lowest BCUT2D eigenvalue weighted by atomic mass is 9.95. The Hall–Kier alpha value is -3.39. The van der Waals surface area contributed by atoms with Crippen molar-refractivity contribution in [2.45, 2.75) is 104 Å². The highest BCUT2D eigenvalue weighted by Gasteiger charge is 2.08. The van der Waals surface area contributed by atoms with Gasteiger partial charge < -0.3 is 4.74 Å². The summed E-state index contributed by atoms with van der Waals surface area (Å²) in [7, 11) is 0. The van der Waals surface area contributed by atoms with E-state index in [-0.39, 0.29) is 6.10 Å².